The minimum Gasteiger partial charge on any atom is -0.317 e. The summed E-state index contributed by atoms with van der Waals surface area (Å²) in [4.78, 5) is 9.13. The highest BCUT2D eigenvalue weighted by Gasteiger charge is 2.22. The Morgan fingerprint density at radius 3 is 2.64 bits per heavy atom. The Kier molecular flexibility index (Phi) is 6.00. The van der Waals surface area contributed by atoms with Gasteiger partial charge in [-0.25, -0.2) is 4.58 Å². The lowest BCUT2D eigenvalue weighted by molar-refractivity contribution is -0.411. The Labute approximate surface area is 167 Å². The number of aromatic amines is 1. The molecule has 0 aromatic carbocycles. The van der Waals surface area contributed by atoms with Gasteiger partial charge in [-0.15, -0.1) is 0 Å². The first-order chi connectivity index (χ1) is 13.7. The molecule has 0 spiro atoms. The second-order valence-corrected chi connectivity index (χ2v) is 8.22. The third kappa shape index (κ3) is 4.58. The molecule has 28 heavy (non-hydrogen) atoms. The van der Waals surface area contributed by atoms with Crippen LogP contribution < -0.4 is 10.6 Å². The molecule has 2 aliphatic carbocycles. The normalized spacial score (nSPS) is 23.9. The topological polar surface area (TPSA) is 81.5 Å². The molecular formula is C21H32N7+. The fraction of sp³-hybridized carbons (Fsp3) is 0.619. The van der Waals surface area contributed by atoms with Crippen molar-refractivity contribution in [3.63, 3.8) is 0 Å². The molecule has 2 aromatic heterocycles. The molecule has 150 valence electrons. The lowest BCUT2D eigenvalue weighted by atomic mass is 9.87. The van der Waals surface area contributed by atoms with Gasteiger partial charge in [-0.2, -0.15) is 5.10 Å². The molecule has 2 saturated carbocycles. The van der Waals surface area contributed by atoms with Crippen LogP contribution >= 0.6 is 0 Å². The second-order valence-electron chi connectivity index (χ2n) is 8.22. The zero-order valence-corrected chi connectivity index (χ0v) is 17.0. The predicted molar refractivity (Wildman–Crippen MR) is 112 cm³/mol. The maximum absolute atomic E-state index is 4.68. The second kappa shape index (κ2) is 8.82. The highest BCUT2D eigenvalue weighted by atomic mass is 15.2. The van der Waals surface area contributed by atoms with Crippen LogP contribution in [0.5, 0.6) is 0 Å². The standard InChI is InChI=1S/C21H32N7/c1-22-17-9-7-15(8-10-17)14-28(2)21-23-12-11-19(25-21)24-20-13-18(26-27-20)16-5-3-4-6-16/h11-17,22H,3-10H2,1-2H3,(H2,23,24,25,26,27)/q+1/b28-14+. The molecule has 2 aliphatic rings. The van der Waals surface area contributed by atoms with Gasteiger partial charge < -0.3 is 10.6 Å². The summed E-state index contributed by atoms with van der Waals surface area (Å²) in [6.45, 7) is 0. The molecule has 2 fully saturated rings. The minimum atomic E-state index is 0.593. The van der Waals surface area contributed by atoms with E-state index in [-0.39, 0.29) is 0 Å². The van der Waals surface area contributed by atoms with Gasteiger partial charge in [0.25, 0.3) is 0 Å². The largest absolute Gasteiger partial charge is 0.434 e. The van der Waals surface area contributed by atoms with E-state index in [9.17, 15) is 0 Å². The zero-order valence-electron chi connectivity index (χ0n) is 17.0. The Balaban J connectivity index is 1.40. The van der Waals surface area contributed by atoms with Gasteiger partial charge in [0, 0.05) is 41.9 Å². The number of rotatable bonds is 6. The predicted octanol–water partition coefficient (Wildman–Crippen LogP) is 3.72. The minimum absolute atomic E-state index is 0.593. The van der Waals surface area contributed by atoms with E-state index in [0.717, 1.165) is 11.6 Å². The van der Waals surface area contributed by atoms with Crippen molar-refractivity contribution in [2.45, 2.75) is 63.3 Å². The van der Waals surface area contributed by atoms with Crippen molar-refractivity contribution in [1.82, 2.24) is 25.5 Å². The smallest absolute Gasteiger partial charge is 0.317 e. The molecule has 7 nitrogen and oxygen atoms in total. The van der Waals surface area contributed by atoms with Crippen molar-refractivity contribution in [2.24, 2.45) is 5.92 Å². The fourth-order valence-electron chi connectivity index (χ4n) is 4.51. The van der Waals surface area contributed by atoms with Crippen LogP contribution in [0.3, 0.4) is 0 Å². The average molecular weight is 383 g/mol. The van der Waals surface area contributed by atoms with Crippen molar-refractivity contribution in [2.75, 3.05) is 19.4 Å². The Bertz CT molecular complexity index is 799. The maximum Gasteiger partial charge on any atom is 0.434 e. The van der Waals surface area contributed by atoms with E-state index in [1.807, 2.05) is 13.1 Å². The molecule has 0 radical (unpaired) electrons. The van der Waals surface area contributed by atoms with Crippen LogP contribution in [0, 0.1) is 5.92 Å². The van der Waals surface area contributed by atoms with Gasteiger partial charge in [0.2, 0.25) is 5.82 Å². The summed E-state index contributed by atoms with van der Waals surface area (Å²) in [5, 5.41) is 14.3. The molecule has 2 heterocycles. The van der Waals surface area contributed by atoms with Gasteiger partial charge in [-0.1, -0.05) is 17.8 Å². The number of anilines is 2. The van der Waals surface area contributed by atoms with Gasteiger partial charge in [-0.3, -0.25) is 5.10 Å². The van der Waals surface area contributed by atoms with E-state index in [1.54, 1.807) is 6.20 Å². The molecule has 0 bridgehead atoms. The number of H-pyrrole nitrogens is 1. The van der Waals surface area contributed by atoms with Gasteiger partial charge in [0.05, 0.1) is 7.05 Å². The molecule has 4 rings (SSSR count). The van der Waals surface area contributed by atoms with Crippen LogP contribution in [-0.4, -0.2) is 51.1 Å². The highest BCUT2D eigenvalue weighted by molar-refractivity contribution is 5.57. The quantitative estimate of drug-likeness (QED) is 0.524. The summed E-state index contributed by atoms with van der Waals surface area (Å²) < 4.78 is 2.06. The van der Waals surface area contributed by atoms with E-state index in [0.29, 0.717) is 23.8 Å². The third-order valence-electron chi connectivity index (χ3n) is 6.22. The van der Waals surface area contributed by atoms with E-state index < -0.39 is 0 Å². The van der Waals surface area contributed by atoms with E-state index in [4.69, 9.17) is 0 Å². The van der Waals surface area contributed by atoms with Crippen molar-refractivity contribution in [1.29, 1.82) is 0 Å². The molecule has 0 atom stereocenters. The van der Waals surface area contributed by atoms with E-state index in [1.165, 1.54) is 57.1 Å². The van der Waals surface area contributed by atoms with Gasteiger partial charge >= 0.3 is 5.95 Å². The van der Waals surface area contributed by atoms with Crippen LogP contribution in [0.2, 0.25) is 0 Å². The lowest BCUT2D eigenvalue weighted by Crippen LogP contribution is -2.31. The molecule has 0 saturated heterocycles. The zero-order chi connectivity index (χ0) is 19.3. The van der Waals surface area contributed by atoms with Crippen LogP contribution in [-0.2, 0) is 0 Å². The van der Waals surface area contributed by atoms with E-state index >= 15 is 0 Å². The summed E-state index contributed by atoms with van der Waals surface area (Å²) in [5.74, 6) is 3.53. The summed E-state index contributed by atoms with van der Waals surface area (Å²) in [5.41, 5.74) is 1.23. The molecule has 3 N–H and O–H groups in total. The SMILES string of the molecule is CNC1CCC(/C=[N+](\C)c2nccc(Nc3cc(C4CCCC4)[nH]n3)n2)CC1. The first kappa shape index (κ1) is 19.1. The Hall–Kier alpha value is -2.28. The average Bonchev–Trinajstić information content (AvgIpc) is 3.41. The number of hydrogen-bond acceptors (Lipinski definition) is 5. The van der Waals surface area contributed by atoms with E-state index in [2.05, 4.69) is 54.7 Å². The maximum atomic E-state index is 4.68. The summed E-state index contributed by atoms with van der Waals surface area (Å²) >= 11 is 0. The Morgan fingerprint density at radius 2 is 1.89 bits per heavy atom. The molecular weight excluding hydrogens is 350 g/mol. The fourth-order valence-corrected chi connectivity index (χ4v) is 4.51. The lowest BCUT2D eigenvalue weighted by Gasteiger charge is -2.25. The highest BCUT2D eigenvalue weighted by Crippen LogP contribution is 2.34. The number of nitrogens with zero attached hydrogens (tertiary/aromatic N) is 4. The first-order valence-corrected chi connectivity index (χ1v) is 10.6. The summed E-state index contributed by atoms with van der Waals surface area (Å²) in [7, 11) is 4.10. The van der Waals surface area contributed by atoms with Gasteiger partial charge in [-0.05, 0) is 50.6 Å². The van der Waals surface area contributed by atoms with Gasteiger partial charge in [0.1, 0.15) is 6.20 Å². The van der Waals surface area contributed by atoms with Gasteiger partial charge in [0.15, 0.2) is 5.82 Å². The van der Waals surface area contributed by atoms with Crippen LogP contribution in [0.1, 0.15) is 63.0 Å². The number of aromatic nitrogens is 4. The van der Waals surface area contributed by atoms with Crippen molar-refractivity contribution in [3.8, 4) is 0 Å². The van der Waals surface area contributed by atoms with Crippen molar-refractivity contribution >= 4 is 23.8 Å². The molecule has 0 aliphatic heterocycles. The van der Waals surface area contributed by atoms with Crippen molar-refractivity contribution in [3.05, 3.63) is 24.0 Å². The summed E-state index contributed by atoms with van der Waals surface area (Å²) in [6.07, 6.45) is 14.1. The first-order valence-electron chi connectivity index (χ1n) is 10.6. The number of hydrogen-bond donors (Lipinski definition) is 3. The summed E-state index contributed by atoms with van der Waals surface area (Å²) in [6, 6.07) is 4.68. The monoisotopic (exact) mass is 382 g/mol. The molecule has 0 unspecified atom stereocenters. The number of nitrogens with one attached hydrogen (secondary N) is 3. The van der Waals surface area contributed by atoms with Crippen LogP contribution in [0.25, 0.3) is 0 Å². The Morgan fingerprint density at radius 1 is 1.11 bits per heavy atom. The molecule has 2 aromatic rings. The molecule has 0 amide bonds. The van der Waals surface area contributed by atoms with Crippen LogP contribution in [0.15, 0.2) is 18.3 Å². The third-order valence-corrected chi connectivity index (χ3v) is 6.22. The molecule has 7 heteroatoms. The van der Waals surface area contributed by atoms with Crippen LogP contribution in [0.4, 0.5) is 17.6 Å². The van der Waals surface area contributed by atoms with Crippen molar-refractivity contribution < 1.29 is 4.58 Å².